The van der Waals surface area contributed by atoms with Gasteiger partial charge in [0.1, 0.15) is 0 Å². The van der Waals surface area contributed by atoms with Crippen LogP contribution in [0.25, 0.3) is 0 Å². The standard InChI is InChI=1S/C6H7BrN2O.BrH/c7-5-1-4(2-8)6(10)9-3-5;/h1,3-4H,2,8H2;1H. The van der Waals surface area contributed by atoms with Crippen molar-refractivity contribution in [3.8, 4) is 0 Å². The highest BCUT2D eigenvalue weighted by Gasteiger charge is 2.15. The molecule has 0 fully saturated rings. The number of halogens is 2. The van der Waals surface area contributed by atoms with Crippen LogP contribution in [-0.4, -0.2) is 18.7 Å². The van der Waals surface area contributed by atoms with E-state index in [9.17, 15) is 4.79 Å². The first-order valence-corrected chi connectivity index (χ1v) is 3.68. The van der Waals surface area contributed by atoms with E-state index in [2.05, 4.69) is 20.9 Å². The van der Waals surface area contributed by atoms with E-state index < -0.39 is 0 Å². The largest absolute Gasteiger partial charge is 0.329 e. The van der Waals surface area contributed by atoms with Gasteiger partial charge < -0.3 is 5.73 Å². The molecule has 1 atom stereocenters. The number of carbonyl (C=O) groups is 1. The minimum Gasteiger partial charge on any atom is -0.329 e. The molecule has 0 bridgehead atoms. The first-order valence-electron chi connectivity index (χ1n) is 2.89. The molecule has 5 heteroatoms. The van der Waals surface area contributed by atoms with Crippen LogP contribution in [0.5, 0.6) is 0 Å². The van der Waals surface area contributed by atoms with Crippen LogP contribution in [0.2, 0.25) is 0 Å². The van der Waals surface area contributed by atoms with E-state index in [4.69, 9.17) is 5.73 Å². The summed E-state index contributed by atoms with van der Waals surface area (Å²) in [5.74, 6) is -0.398. The molecule has 0 aromatic heterocycles. The summed E-state index contributed by atoms with van der Waals surface area (Å²) in [7, 11) is 0. The van der Waals surface area contributed by atoms with E-state index in [0.29, 0.717) is 6.54 Å². The molecule has 0 aromatic rings. The summed E-state index contributed by atoms with van der Waals surface area (Å²) in [6, 6.07) is 0. The van der Waals surface area contributed by atoms with E-state index in [0.717, 1.165) is 4.48 Å². The smallest absolute Gasteiger partial charge is 0.253 e. The molecule has 2 N–H and O–H groups in total. The van der Waals surface area contributed by atoms with E-state index in [1.54, 1.807) is 6.08 Å². The zero-order chi connectivity index (χ0) is 7.56. The third-order valence-corrected chi connectivity index (χ3v) is 1.72. The maximum Gasteiger partial charge on any atom is 0.253 e. The zero-order valence-electron chi connectivity index (χ0n) is 5.66. The summed E-state index contributed by atoms with van der Waals surface area (Å²) in [4.78, 5) is 14.4. The molecule has 0 aliphatic carbocycles. The summed E-state index contributed by atoms with van der Waals surface area (Å²) in [5, 5.41) is 0. The average Bonchev–Trinajstić information content (AvgIpc) is 1.94. The fourth-order valence-electron chi connectivity index (χ4n) is 0.696. The van der Waals surface area contributed by atoms with Gasteiger partial charge in [0.25, 0.3) is 5.91 Å². The van der Waals surface area contributed by atoms with Crippen molar-refractivity contribution in [3.63, 3.8) is 0 Å². The van der Waals surface area contributed by atoms with Crippen LogP contribution in [0.3, 0.4) is 0 Å². The lowest BCUT2D eigenvalue weighted by atomic mass is 10.1. The molecule has 1 aliphatic rings. The fraction of sp³-hybridized carbons (Fsp3) is 0.333. The van der Waals surface area contributed by atoms with Crippen molar-refractivity contribution < 1.29 is 4.79 Å². The normalized spacial score (nSPS) is 22.5. The Labute approximate surface area is 83.6 Å². The molecule has 0 aromatic carbocycles. The first kappa shape index (κ1) is 11.0. The topological polar surface area (TPSA) is 55.4 Å². The van der Waals surface area contributed by atoms with Crippen molar-refractivity contribution in [1.29, 1.82) is 0 Å². The van der Waals surface area contributed by atoms with Gasteiger partial charge in [0.05, 0.1) is 5.92 Å². The van der Waals surface area contributed by atoms with Crippen molar-refractivity contribution in [2.24, 2.45) is 16.6 Å². The number of hydrogen-bond acceptors (Lipinski definition) is 2. The summed E-state index contributed by atoms with van der Waals surface area (Å²) in [6.07, 6.45) is 3.24. The molecule has 1 unspecified atom stereocenters. The predicted octanol–water partition coefficient (Wildman–Crippen LogP) is 1.03. The third kappa shape index (κ3) is 2.84. The number of allylic oxidation sites excluding steroid dienone is 1. The van der Waals surface area contributed by atoms with Gasteiger partial charge >= 0.3 is 0 Å². The fourth-order valence-corrected chi connectivity index (χ4v) is 1.12. The lowest BCUT2D eigenvalue weighted by Crippen LogP contribution is -2.22. The molecular formula is C6H8Br2N2O. The molecule has 62 valence electrons. The second-order valence-corrected chi connectivity index (χ2v) is 2.91. The minimum atomic E-state index is -0.237. The predicted molar refractivity (Wildman–Crippen MR) is 53.4 cm³/mol. The minimum absolute atomic E-state index is 0. The van der Waals surface area contributed by atoms with Crippen molar-refractivity contribution in [3.05, 3.63) is 10.6 Å². The number of aliphatic imine (C=N–C) groups is 1. The van der Waals surface area contributed by atoms with Gasteiger partial charge in [-0.1, -0.05) is 6.08 Å². The van der Waals surface area contributed by atoms with Gasteiger partial charge in [0.15, 0.2) is 0 Å². The maximum atomic E-state index is 10.8. The molecule has 3 nitrogen and oxygen atoms in total. The van der Waals surface area contributed by atoms with Crippen LogP contribution >= 0.6 is 32.9 Å². The van der Waals surface area contributed by atoms with Gasteiger partial charge in [-0.3, -0.25) is 4.79 Å². The SMILES string of the molecule is Br.NCC1C=C(Br)C=NC1=O. The Hall–Kier alpha value is -0.000000000000000111. The van der Waals surface area contributed by atoms with E-state index in [1.165, 1.54) is 6.21 Å². The van der Waals surface area contributed by atoms with E-state index >= 15 is 0 Å². The summed E-state index contributed by atoms with van der Waals surface area (Å²) >= 11 is 3.20. The summed E-state index contributed by atoms with van der Waals surface area (Å²) < 4.78 is 0.822. The molecule has 11 heavy (non-hydrogen) atoms. The third-order valence-electron chi connectivity index (χ3n) is 1.25. The van der Waals surface area contributed by atoms with Gasteiger partial charge in [-0.25, -0.2) is 4.99 Å². The summed E-state index contributed by atoms with van der Waals surface area (Å²) in [6.45, 7) is 0.325. The molecule has 1 aliphatic heterocycles. The Bertz CT molecular complexity index is 213. The zero-order valence-corrected chi connectivity index (χ0v) is 8.96. The highest BCUT2D eigenvalue weighted by Crippen LogP contribution is 2.13. The quantitative estimate of drug-likeness (QED) is 0.781. The number of amides is 1. The lowest BCUT2D eigenvalue weighted by Gasteiger charge is -2.08. The molecule has 0 radical (unpaired) electrons. The lowest BCUT2D eigenvalue weighted by molar-refractivity contribution is -0.120. The Morgan fingerprint density at radius 1 is 1.73 bits per heavy atom. The van der Waals surface area contributed by atoms with Gasteiger partial charge in [-0.2, -0.15) is 0 Å². The number of dihydropyridines is 1. The molecule has 0 spiro atoms. The van der Waals surface area contributed by atoms with Gasteiger partial charge in [0.2, 0.25) is 0 Å². The Morgan fingerprint density at radius 3 is 2.82 bits per heavy atom. The van der Waals surface area contributed by atoms with Gasteiger partial charge in [0, 0.05) is 17.2 Å². The number of hydrogen-bond donors (Lipinski definition) is 1. The number of rotatable bonds is 1. The molecule has 1 rings (SSSR count). The maximum absolute atomic E-state index is 10.8. The monoisotopic (exact) mass is 282 g/mol. The number of nitrogens with zero attached hydrogens (tertiary/aromatic N) is 1. The second kappa shape index (κ2) is 4.79. The van der Waals surface area contributed by atoms with Crippen molar-refractivity contribution in [2.75, 3.05) is 6.54 Å². The van der Waals surface area contributed by atoms with Crippen LogP contribution in [0.15, 0.2) is 15.6 Å². The van der Waals surface area contributed by atoms with Crippen molar-refractivity contribution in [1.82, 2.24) is 0 Å². The van der Waals surface area contributed by atoms with Crippen LogP contribution in [0.1, 0.15) is 0 Å². The average molecular weight is 284 g/mol. The van der Waals surface area contributed by atoms with Crippen LogP contribution in [0.4, 0.5) is 0 Å². The van der Waals surface area contributed by atoms with Gasteiger partial charge in [-0.15, -0.1) is 17.0 Å². The molecule has 1 heterocycles. The van der Waals surface area contributed by atoms with Gasteiger partial charge in [-0.05, 0) is 15.9 Å². The summed E-state index contributed by atoms with van der Waals surface area (Å²) in [5.41, 5.74) is 5.30. The van der Waals surface area contributed by atoms with E-state index in [-0.39, 0.29) is 28.8 Å². The van der Waals surface area contributed by atoms with Crippen LogP contribution in [0, 0.1) is 5.92 Å². The highest BCUT2D eigenvalue weighted by atomic mass is 79.9. The van der Waals surface area contributed by atoms with E-state index in [1.807, 2.05) is 0 Å². The van der Waals surface area contributed by atoms with Crippen LogP contribution < -0.4 is 5.73 Å². The molecular weight excluding hydrogens is 276 g/mol. The van der Waals surface area contributed by atoms with Crippen molar-refractivity contribution in [2.45, 2.75) is 0 Å². The Kier molecular flexibility index (Phi) is 4.79. The number of nitrogens with two attached hydrogens (primary N) is 1. The second-order valence-electron chi connectivity index (χ2n) is 1.99. The molecule has 0 saturated carbocycles. The highest BCUT2D eigenvalue weighted by molar-refractivity contribution is 9.12. The molecule has 1 amide bonds. The Balaban J connectivity index is 0.000001000. The van der Waals surface area contributed by atoms with Crippen molar-refractivity contribution >= 4 is 45.0 Å². The first-order chi connectivity index (χ1) is 4.74. The molecule has 0 saturated heterocycles. The van der Waals surface area contributed by atoms with Crippen LogP contribution in [-0.2, 0) is 4.79 Å². The Morgan fingerprint density at radius 2 is 2.36 bits per heavy atom. The number of carbonyl (C=O) groups excluding carboxylic acids is 1.